The molecule has 0 amide bonds. The maximum atomic E-state index is 9.32. The maximum absolute atomic E-state index is 9.32. The van der Waals surface area contributed by atoms with Crippen LogP contribution in [0, 0.1) is 0 Å². The van der Waals surface area contributed by atoms with E-state index in [9.17, 15) is 5.11 Å². The molecule has 2 aromatic rings. The summed E-state index contributed by atoms with van der Waals surface area (Å²) in [5, 5.41) is 9.32. The van der Waals surface area contributed by atoms with Crippen LogP contribution in [0.3, 0.4) is 0 Å². The molecule has 0 saturated heterocycles. The van der Waals surface area contributed by atoms with Gasteiger partial charge in [0.1, 0.15) is 18.1 Å². The van der Waals surface area contributed by atoms with Crippen molar-refractivity contribution in [2.75, 3.05) is 0 Å². The molecular weight excluding hydrogens is 216 g/mol. The van der Waals surface area contributed by atoms with E-state index < -0.39 is 0 Å². The van der Waals surface area contributed by atoms with Crippen molar-refractivity contribution >= 4 is 0 Å². The molecule has 1 aromatic heterocycles. The van der Waals surface area contributed by atoms with Crippen LogP contribution in [0.2, 0.25) is 0 Å². The van der Waals surface area contributed by atoms with Crippen molar-refractivity contribution in [1.29, 1.82) is 0 Å². The molecule has 4 nitrogen and oxygen atoms in total. The number of hydrogen-bond acceptors (Lipinski definition) is 3. The van der Waals surface area contributed by atoms with Gasteiger partial charge >= 0.3 is 0 Å². The van der Waals surface area contributed by atoms with Gasteiger partial charge in [-0.15, -0.1) is 0 Å². The van der Waals surface area contributed by atoms with Crippen LogP contribution < -0.4 is 4.74 Å². The van der Waals surface area contributed by atoms with E-state index in [1.54, 1.807) is 30.7 Å². The Morgan fingerprint density at radius 1 is 1.41 bits per heavy atom. The smallest absolute Gasteiger partial charge is 0.130 e. The predicted molar refractivity (Wildman–Crippen MR) is 65.1 cm³/mol. The molecule has 1 N–H and O–H groups in total. The van der Waals surface area contributed by atoms with E-state index in [4.69, 9.17) is 4.74 Å². The van der Waals surface area contributed by atoms with Crippen molar-refractivity contribution in [2.24, 2.45) is 0 Å². The molecule has 1 aromatic carbocycles. The molecule has 0 spiro atoms. The average Bonchev–Trinajstić information content (AvgIpc) is 2.74. The minimum Gasteiger partial charge on any atom is -0.508 e. The molecule has 0 aliphatic heterocycles. The van der Waals surface area contributed by atoms with Gasteiger partial charge in [0.05, 0.1) is 18.2 Å². The molecule has 17 heavy (non-hydrogen) atoms. The normalized spacial score (nSPS) is 10.8. The first kappa shape index (κ1) is 11.5. The van der Waals surface area contributed by atoms with Gasteiger partial charge < -0.3 is 14.4 Å². The highest BCUT2D eigenvalue weighted by Gasteiger charge is 2.06. The minimum absolute atomic E-state index is 0.208. The Morgan fingerprint density at radius 3 is 2.94 bits per heavy atom. The Hall–Kier alpha value is -1.97. The standard InChI is InChI=1S/C13H16N2O2/c1-10(2)15-9-14-7-11(15)8-17-13-5-3-4-12(16)6-13/h3-7,9-10,16H,8H2,1-2H3. The van der Waals surface area contributed by atoms with E-state index in [0.29, 0.717) is 18.4 Å². The highest BCUT2D eigenvalue weighted by Crippen LogP contribution is 2.19. The highest BCUT2D eigenvalue weighted by atomic mass is 16.5. The largest absolute Gasteiger partial charge is 0.508 e. The van der Waals surface area contributed by atoms with Crippen molar-refractivity contribution in [3.05, 3.63) is 42.5 Å². The monoisotopic (exact) mass is 232 g/mol. The van der Waals surface area contributed by atoms with E-state index in [1.807, 2.05) is 6.07 Å². The van der Waals surface area contributed by atoms with Gasteiger partial charge in [0, 0.05) is 12.1 Å². The number of nitrogens with zero attached hydrogens (tertiary/aromatic N) is 2. The van der Waals surface area contributed by atoms with E-state index >= 15 is 0 Å². The van der Waals surface area contributed by atoms with E-state index in [1.165, 1.54) is 0 Å². The van der Waals surface area contributed by atoms with Gasteiger partial charge in [-0.05, 0) is 26.0 Å². The Bertz CT molecular complexity index is 492. The van der Waals surface area contributed by atoms with Crippen molar-refractivity contribution in [1.82, 2.24) is 9.55 Å². The summed E-state index contributed by atoms with van der Waals surface area (Å²) in [5.41, 5.74) is 1.02. The molecule has 0 atom stereocenters. The fourth-order valence-corrected chi connectivity index (χ4v) is 1.64. The zero-order chi connectivity index (χ0) is 12.3. The molecular formula is C13H16N2O2. The summed E-state index contributed by atoms with van der Waals surface area (Å²) in [7, 11) is 0. The van der Waals surface area contributed by atoms with Gasteiger partial charge in [-0.3, -0.25) is 0 Å². The van der Waals surface area contributed by atoms with Crippen molar-refractivity contribution in [3.63, 3.8) is 0 Å². The first-order valence-electron chi connectivity index (χ1n) is 5.59. The second kappa shape index (κ2) is 4.91. The van der Waals surface area contributed by atoms with Crippen LogP contribution in [-0.4, -0.2) is 14.7 Å². The van der Waals surface area contributed by atoms with Crippen LogP contribution in [0.1, 0.15) is 25.6 Å². The van der Waals surface area contributed by atoms with Crippen molar-refractivity contribution in [3.8, 4) is 11.5 Å². The third kappa shape index (κ3) is 2.78. The number of rotatable bonds is 4. The molecule has 0 aliphatic carbocycles. The molecule has 90 valence electrons. The van der Waals surface area contributed by atoms with Crippen LogP contribution in [0.5, 0.6) is 11.5 Å². The molecule has 0 saturated carbocycles. The zero-order valence-corrected chi connectivity index (χ0v) is 10.00. The van der Waals surface area contributed by atoms with E-state index in [2.05, 4.69) is 23.4 Å². The summed E-state index contributed by atoms with van der Waals surface area (Å²) < 4.78 is 7.66. The van der Waals surface area contributed by atoms with Gasteiger partial charge in [0.2, 0.25) is 0 Å². The third-order valence-corrected chi connectivity index (χ3v) is 2.51. The first-order valence-corrected chi connectivity index (χ1v) is 5.59. The number of aromatic hydroxyl groups is 1. The number of imidazole rings is 1. The quantitative estimate of drug-likeness (QED) is 0.881. The number of phenols is 1. The fourth-order valence-electron chi connectivity index (χ4n) is 1.64. The molecule has 0 fully saturated rings. The summed E-state index contributed by atoms with van der Waals surface area (Å²) in [4.78, 5) is 4.11. The molecule has 0 unspecified atom stereocenters. The van der Waals surface area contributed by atoms with Crippen LogP contribution in [0.25, 0.3) is 0 Å². The average molecular weight is 232 g/mol. The Kier molecular flexibility index (Phi) is 3.32. The van der Waals surface area contributed by atoms with Gasteiger partial charge in [0.15, 0.2) is 0 Å². The Balaban J connectivity index is 2.05. The second-order valence-electron chi connectivity index (χ2n) is 4.17. The number of phenolic OH excluding ortho intramolecular Hbond substituents is 1. The summed E-state index contributed by atoms with van der Waals surface area (Å²) in [5.74, 6) is 0.862. The van der Waals surface area contributed by atoms with Gasteiger partial charge in [-0.1, -0.05) is 6.07 Å². The van der Waals surface area contributed by atoms with Gasteiger partial charge in [-0.25, -0.2) is 4.98 Å². The van der Waals surface area contributed by atoms with Crippen molar-refractivity contribution in [2.45, 2.75) is 26.5 Å². The first-order chi connectivity index (χ1) is 8.16. The second-order valence-corrected chi connectivity index (χ2v) is 4.17. The molecule has 0 radical (unpaired) electrons. The minimum atomic E-state index is 0.208. The molecule has 2 rings (SSSR count). The number of benzene rings is 1. The summed E-state index contributed by atoms with van der Waals surface area (Å²) >= 11 is 0. The lowest BCUT2D eigenvalue weighted by Crippen LogP contribution is -2.07. The van der Waals surface area contributed by atoms with E-state index in [-0.39, 0.29) is 5.75 Å². The number of ether oxygens (including phenoxy) is 1. The summed E-state index contributed by atoms with van der Waals surface area (Å²) in [6.07, 6.45) is 3.59. The van der Waals surface area contributed by atoms with Crippen LogP contribution >= 0.6 is 0 Å². The van der Waals surface area contributed by atoms with Gasteiger partial charge in [-0.2, -0.15) is 0 Å². The molecule has 0 aliphatic rings. The lowest BCUT2D eigenvalue weighted by molar-refractivity contribution is 0.290. The highest BCUT2D eigenvalue weighted by molar-refractivity contribution is 5.31. The zero-order valence-electron chi connectivity index (χ0n) is 10.00. The maximum Gasteiger partial charge on any atom is 0.130 e. The number of hydrogen-bond donors (Lipinski definition) is 1. The topological polar surface area (TPSA) is 47.3 Å². The van der Waals surface area contributed by atoms with Crippen LogP contribution in [-0.2, 0) is 6.61 Å². The Morgan fingerprint density at radius 2 is 2.24 bits per heavy atom. The number of aromatic nitrogens is 2. The SMILES string of the molecule is CC(C)n1cncc1COc1cccc(O)c1. The lowest BCUT2D eigenvalue weighted by Gasteiger charge is -2.12. The van der Waals surface area contributed by atoms with Crippen molar-refractivity contribution < 1.29 is 9.84 Å². The Labute approximate surface area is 100 Å². The predicted octanol–water partition coefficient (Wildman–Crippen LogP) is 2.75. The fraction of sp³-hybridized carbons (Fsp3) is 0.308. The van der Waals surface area contributed by atoms with Crippen LogP contribution in [0.15, 0.2) is 36.8 Å². The molecule has 4 heteroatoms. The summed E-state index contributed by atoms with van der Waals surface area (Å²) in [6, 6.07) is 7.14. The third-order valence-electron chi connectivity index (χ3n) is 2.51. The molecule has 0 bridgehead atoms. The van der Waals surface area contributed by atoms with E-state index in [0.717, 1.165) is 5.69 Å². The van der Waals surface area contributed by atoms with Crippen LogP contribution in [0.4, 0.5) is 0 Å². The lowest BCUT2D eigenvalue weighted by atomic mass is 10.3. The summed E-state index contributed by atoms with van der Waals surface area (Å²) in [6.45, 7) is 4.64. The molecule has 1 heterocycles. The van der Waals surface area contributed by atoms with Gasteiger partial charge in [0.25, 0.3) is 0 Å².